The van der Waals surface area contributed by atoms with Crippen LogP contribution < -0.4 is 10.6 Å². The Morgan fingerprint density at radius 1 is 1.35 bits per heavy atom. The van der Waals surface area contributed by atoms with Crippen LogP contribution in [0, 0.1) is 5.82 Å². The molecule has 2 N–H and O–H groups in total. The summed E-state index contributed by atoms with van der Waals surface area (Å²) in [4.78, 5) is 4.84. The summed E-state index contributed by atoms with van der Waals surface area (Å²) < 4.78 is 13.5. The van der Waals surface area contributed by atoms with Gasteiger partial charge < -0.3 is 15.5 Å². The first kappa shape index (κ1) is 15.3. The second-order valence-corrected chi connectivity index (χ2v) is 5.68. The predicted octanol–water partition coefficient (Wildman–Crippen LogP) is 2.25. The van der Waals surface area contributed by atoms with Crippen molar-refractivity contribution in [1.82, 2.24) is 4.90 Å². The molecule has 0 bridgehead atoms. The van der Waals surface area contributed by atoms with Gasteiger partial charge in [0, 0.05) is 24.8 Å². The lowest BCUT2D eigenvalue weighted by atomic mass is 10.1. The van der Waals surface area contributed by atoms with Crippen LogP contribution in [0.2, 0.25) is 0 Å². The summed E-state index contributed by atoms with van der Waals surface area (Å²) in [5, 5.41) is 0. The zero-order valence-electron chi connectivity index (χ0n) is 12.6. The summed E-state index contributed by atoms with van der Waals surface area (Å²) in [6.07, 6.45) is 2.98. The molecule has 1 aliphatic heterocycles. The zero-order chi connectivity index (χ0) is 14.5. The van der Waals surface area contributed by atoms with Crippen LogP contribution in [0.5, 0.6) is 0 Å². The molecule has 20 heavy (non-hydrogen) atoms. The van der Waals surface area contributed by atoms with Crippen LogP contribution in [-0.2, 0) is 6.42 Å². The van der Waals surface area contributed by atoms with E-state index in [2.05, 4.69) is 23.8 Å². The van der Waals surface area contributed by atoms with E-state index in [4.69, 9.17) is 5.73 Å². The molecular weight excluding hydrogens is 253 g/mol. The maximum atomic E-state index is 13.5. The van der Waals surface area contributed by atoms with Crippen molar-refractivity contribution >= 4 is 5.69 Å². The van der Waals surface area contributed by atoms with Gasteiger partial charge in [-0.1, -0.05) is 6.92 Å². The van der Waals surface area contributed by atoms with Crippen LogP contribution in [-0.4, -0.2) is 44.2 Å². The topological polar surface area (TPSA) is 32.5 Å². The Morgan fingerprint density at radius 3 is 2.85 bits per heavy atom. The largest absolute Gasteiger partial charge is 0.367 e. The van der Waals surface area contributed by atoms with E-state index in [-0.39, 0.29) is 5.82 Å². The molecule has 1 aromatic carbocycles. The fourth-order valence-electron chi connectivity index (χ4n) is 3.10. The van der Waals surface area contributed by atoms with Crippen molar-refractivity contribution in [2.24, 2.45) is 5.73 Å². The van der Waals surface area contributed by atoms with E-state index in [0.29, 0.717) is 12.6 Å². The molecule has 1 aliphatic rings. The Hall–Kier alpha value is -1.13. The first-order chi connectivity index (χ1) is 9.65. The minimum Gasteiger partial charge on any atom is -0.367 e. The van der Waals surface area contributed by atoms with Gasteiger partial charge in [-0.25, -0.2) is 4.39 Å². The maximum Gasteiger partial charge on any atom is 0.123 e. The van der Waals surface area contributed by atoms with Gasteiger partial charge in [0.1, 0.15) is 5.82 Å². The molecule has 0 aromatic heterocycles. The van der Waals surface area contributed by atoms with Gasteiger partial charge in [-0.2, -0.15) is 0 Å². The minimum atomic E-state index is -0.169. The molecule has 0 saturated carbocycles. The van der Waals surface area contributed by atoms with Crippen molar-refractivity contribution in [3.63, 3.8) is 0 Å². The van der Waals surface area contributed by atoms with E-state index in [1.165, 1.54) is 5.69 Å². The normalized spacial score (nSPS) is 21.0. The fourth-order valence-corrected chi connectivity index (χ4v) is 3.10. The lowest BCUT2D eigenvalue weighted by Gasteiger charge is -2.33. The van der Waals surface area contributed by atoms with Gasteiger partial charge in [0.05, 0.1) is 0 Å². The molecule has 0 amide bonds. The monoisotopic (exact) mass is 279 g/mol. The molecule has 112 valence electrons. The second kappa shape index (κ2) is 7.04. The highest BCUT2D eigenvalue weighted by atomic mass is 19.1. The van der Waals surface area contributed by atoms with Gasteiger partial charge in [-0.3, -0.25) is 0 Å². The third kappa shape index (κ3) is 3.49. The molecule has 0 radical (unpaired) electrons. The van der Waals surface area contributed by atoms with E-state index in [1.54, 1.807) is 12.1 Å². The van der Waals surface area contributed by atoms with Gasteiger partial charge in [-0.05, 0) is 63.2 Å². The van der Waals surface area contributed by atoms with Crippen molar-refractivity contribution in [3.8, 4) is 0 Å². The van der Waals surface area contributed by atoms with Crippen LogP contribution in [0.25, 0.3) is 0 Å². The summed E-state index contributed by atoms with van der Waals surface area (Å²) in [6.45, 7) is 6.01. The molecule has 1 aromatic rings. The number of likely N-dealkylation sites (N-methyl/N-ethyl adjacent to an activating group) is 1. The first-order valence-electron chi connectivity index (χ1n) is 7.59. The maximum absolute atomic E-state index is 13.5. The van der Waals surface area contributed by atoms with Crippen molar-refractivity contribution in [2.75, 3.05) is 38.1 Å². The molecule has 1 heterocycles. The summed E-state index contributed by atoms with van der Waals surface area (Å²) >= 11 is 0. The molecule has 4 heteroatoms. The highest BCUT2D eigenvalue weighted by molar-refractivity contribution is 5.55. The number of nitrogens with two attached hydrogens (primary N) is 1. The van der Waals surface area contributed by atoms with Gasteiger partial charge in [0.15, 0.2) is 0 Å². The van der Waals surface area contributed by atoms with Crippen molar-refractivity contribution in [3.05, 3.63) is 29.6 Å². The SMILES string of the molecule is CCC1CN(C)CCCN1c1ccc(F)cc1CCN. The Bertz CT molecular complexity index is 436. The third-order valence-corrected chi connectivity index (χ3v) is 4.14. The highest BCUT2D eigenvalue weighted by Crippen LogP contribution is 2.27. The van der Waals surface area contributed by atoms with E-state index in [1.807, 2.05) is 6.07 Å². The van der Waals surface area contributed by atoms with Gasteiger partial charge in [0.2, 0.25) is 0 Å². The van der Waals surface area contributed by atoms with Crippen LogP contribution in [0.3, 0.4) is 0 Å². The summed E-state index contributed by atoms with van der Waals surface area (Å²) in [6, 6.07) is 5.62. The van der Waals surface area contributed by atoms with Crippen LogP contribution in [0.15, 0.2) is 18.2 Å². The molecule has 3 nitrogen and oxygen atoms in total. The Balaban J connectivity index is 2.31. The molecular formula is C16H26FN3. The Labute approximate surface area is 121 Å². The zero-order valence-corrected chi connectivity index (χ0v) is 12.6. The highest BCUT2D eigenvalue weighted by Gasteiger charge is 2.23. The lowest BCUT2D eigenvalue weighted by molar-refractivity contribution is 0.328. The number of rotatable bonds is 4. The van der Waals surface area contributed by atoms with Gasteiger partial charge in [0.25, 0.3) is 0 Å². The third-order valence-electron chi connectivity index (χ3n) is 4.14. The average Bonchev–Trinajstić information content (AvgIpc) is 2.61. The van der Waals surface area contributed by atoms with Crippen molar-refractivity contribution in [2.45, 2.75) is 32.2 Å². The molecule has 2 rings (SSSR count). The summed E-state index contributed by atoms with van der Waals surface area (Å²) in [7, 11) is 2.18. The standard InChI is InChI=1S/C16H26FN3/c1-3-15-12-19(2)9-4-10-20(15)16-6-5-14(17)11-13(16)7-8-18/h5-6,11,15H,3-4,7-10,12,18H2,1-2H3. The Kier molecular flexibility index (Phi) is 5.38. The fraction of sp³-hybridized carbons (Fsp3) is 0.625. The number of halogens is 1. The van der Waals surface area contributed by atoms with E-state index in [0.717, 1.165) is 44.5 Å². The lowest BCUT2D eigenvalue weighted by Crippen LogP contribution is -2.40. The van der Waals surface area contributed by atoms with Crippen molar-refractivity contribution < 1.29 is 4.39 Å². The van der Waals surface area contributed by atoms with Gasteiger partial charge >= 0.3 is 0 Å². The van der Waals surface area contributed by atoms with E-state index in [9.17, 15) is 4.39 Å². The number of nitrogens with zero attached hydrogens (tertiary/aromatic N) is 2. The number of hydrogen-bond donors (Lipinski definition) is 1. The first-order valence-corrected chi connectivity index (χ1v) is 7.59. The molecule has 1 fully saturated rings. The molecule has 1 unspecified atom stereocenters. The smallest absolute Gasteiger partial charge is 0.123 e. The minimum absolute atomic E-state index is 0.169. The quantitative estimate of drug-likeness (QED) is 0.917. The average molecular weight is 279 g/mol. The van der Waals surface area contributed by atoms with E-state index < -0.39 is 0 Å². The second-order valence-electron chi connectivity index (χ2n) is 5.68. The Morgan fingerprint density at radius 2 is 2.15 bits per heavy atom. The molecule has 1 saturated heterocycles. The van der Waals surface area contributed by atoms with Crippen LogP contribution in [0.4, 0.5) is 10.1 Å². The number of benzene rings is 1. The predicted molar refractivity (Wildman–Crippen MR) is 82.7 cm³/mol. The summed E-state index contributed by atoms with van der Waals surface area (Å²) in [5.74, 6) is -0.169. The van der Waals surface area contributed by atoms with Gasteiger partial charge in [-0.15, -0.1) is 0 Å². The molecule has 0 aliphatic carbocycles. The van der Waals surface area contributed by atoms with Crippen LogP contribution in [0.1, 0.15) is 25.3 Å². The molecule has 0 spiro atoms. The number of anilines is 1. The number of hydrogen-bond acceptors (Lipinski definition) is 3. The molecule has 1 atom stereocenters. The van der Waals surface area contributed by atoms with Crippen LogP contribution >= 0.6 is 0 Å². The van der Waals surface area contributed by atoms with E-state index >= 15 is 0 Å². The van der Waals surface area contributed by atoms with Crippen molar-refractivity contribution in [1.29, 1.82) is 0 Å². The summed E-state index contributed by atoms with van der Waals surface area (Å²) in [5.41, 5.74) is 7.88.